The molecular formula is C31H26N6O3S2. The highest BCUT2D eigenvalue weighted by Crippen LogP contribution is 2.40. The van der Waals surface area contributed by atoms with Crippen molar-refractivity contribution in [3.63, 3.8) is 0 Å². The molecule has 0 bridgehead atoms. The van der Waals surface area contributed by atoms with E-state index in [2.05, 4.69) is 21.0 Å². The van der Waals surface area contributed by atoms with Gasteiger partial charge >= 0.3 is 0 Å². The van der Waals surface area contributed by atoms with Gasteiger partial charge in [0.25, 0.3) is 11.1 Å². The Balaban J connectivity index is 1.11. The fourth-order valence-corrected chi connectivity index (χ4v) is 9.09. The van der Waals surface area contributed by atoms with Crippen molar-refractivity contribution in [3.8, 4) is 23.0 Å². The summed E-state index contributed by atoms with van der Waals surface area (Å²) in [6, 6.07) is 6.96. The molecule has 6 aromatic heterocycles. The summed E-state index contributed by atoms with van der Waals surface area (Å²) >= 11 is 3.20. The van der Waals surface area contributed by atoms with E-state index >= 15 is 0 Å². The van der Waals surface area contributed by atoms with Crippen LogP contribution in [0.1, 0.15) is 57.2 Å². The van der Waals surface area contributed by atoms with Gasteiger partial charge in [0.15, 0.2) is 11.6 Å². The van der Waals surface area contributed by atoms with Gasteiger partial charge in [-0.3, -0.25) is 19.4 Å². The molecule has 3 N–H and O–H groups in total. The van der Waals surface area contributed by atoms with Crippen LogP contribution in [0.4, 0.5) is 0 Å². The Hall–Kier alpha value is -4.22. The van der Waals surface area contributed by atoms with E-state index in [0.717, 1.165) is 70.3 Å². The van der Waals surface area contributed by atoms with Gasteiger partial charge in [0.1, 0.15) is 15.4 Å². The van der Waals surface area contributed by atoms with Crippen LogP contribution in [-0.4, -0.2) is 29.9 Å². The lowest BCUT2D eigenvalue weighted by atomic mass is 9.83. The first-order chi connectivity index (χ1) is 20.4. The maximum absolute atomic E-state index is 13.1. The van der Waals surface area contributed by atoms with Crippen LogP contribution < -0.4 is 16.7 Å². The highest BCUT2D eigenvalue weighted by Gasteiger charge is 2.27. The first-order valence-corrected chi connectivity index (χ1v) is 15.8. The highest BCUT2D eigenvalue weighted by molar-refractivity contribution is 7.19. The number of aromatic nitrogens is 6. The van der Waals surface area contributed by atoms with E-state index in [4.69, 9.17) is 15.0 Å². The normalized spacial score (nSPS) is 16.5. The van der Waals surface area contributed by atoms with Crippen LogP contribution in [0.25, 0.3) is 43.5 Å². The molecular weight excluding hydrogens is 569 g/mol. The summed E-state index contributed by atoms with van der Waals surface area (Å²) in [6.45, 7) is 2.02. The smallest absolute Gasteiger partial charge is 0.260 e. The standard InChI is InChI=1S/C31H26N6O3S2/c1-14-11-16(13-32-25(14)27-35-29(40)23-17-5-2-3-7-20(17)41-31(23)37-27)15-9-10-18-21(12-15)42-30-24(18)28(39)34-26(36-30)19-6-4-8-22(38)33-19/h4,6,8,11,13,15H,2-3,5,7,9-10,12H2,1H3,(H,33,38)(H,34,36,39)(H,35,37,40). The molecule has 9 nitrogen and oxygen atoms in total. The summed E-state index contributed by atoms with van der Waals surface area (Å²) in [5.41, 5.74) is 5.05. The van der Waals surface area contributed by atoms with Crippen molar-refractivity contribution in [2.24, 2.45) is 0 Å². The summed E-state index contributed by atoms with van der Waals surface area (Å²) in [6.07, 6.45) is 8.65. The first-order valence-electron chi connectivity index (χ1n) is 14.2. The van der Waals surface area contributed by atoms with Gasteiger partial charge in [0.05, 0.1) is 16.5 Å². The zero-order chi connectivity index (χ0) is 28.5. The third-order valence-corrected chi connectivity index (χ3v) is 10.9. The molecule has 210 valence electrons. The van der Waals surface area contributed by atoms with Gasteiger partial charge in [-0.15, -0.1) is 22.7 Å². The third-order valence-electron chi connectivity index (χ3n) is 8.56. The number of nitrogens with zero attached hydrogens (tertiary/aromatic N) is 3. The Kier molecular flexibility index (Phi) is 5.87. The Morgan fingerprint density at radius 1 is 0.833 bits per heavy atom. The molecule has 0 saturated carbocycles. The summed E-state index contributed by atoms with van der Waals surface area (Å²) in [5, 5.41) is 1.41. The quantitative estimate of drug-likeness (QED) is 0.259. The van der Waals surface area contributed by atoms with Crippen LogP contribution in [0.5, 0.6) is 0 Å². The third kappa shape index (κ3) is 4.10. The number of aryl methyl sites for hydroxylation is 4. The summed E-state index contributed by atoms with van der Waals surface area (Å²) in [5.74, 6) is 1.14. The molecule has 6 aromatic rings. The molecule has 0 aliphatic heterocycles. The number of H-pyrrole nitrogens is 3. The van der Waals surface area contributed by atoms with E-state index < -0.39 is 0 Å². The predicted octanol–water partition coefficient (Wildman–Crippen LogP) is 5.16. The summed E-state index contributed by atoms with van der Waals surface area (Å²) in [7, 11) is 0. The molecule has 0 fully saturated rings. The Morgan fingerprint density at radius 3 is 2.33 bits per heavy atom. The van der Waals surface area contributed by atoms with E-state index in [0.29, 0.717) is 33.3 Å². The Bertz CT molecular complexity index is 2240. The second kappa shape index (κ2) is 9.67. The van der Waals surface area contributed by atoms with Crippen molar-refractivity contribution in [2.75, 3.05) is 0 Å². The van der Waals surface area contributed by atoms with Gasteiger partial charge in [0, 0.05) is 22.0 Å². The van der Waals surface area contributed by atoms with Crippen molar-refractivity contribution in [3.05, 3.63) is 93.5 Å². The number of hydrogen-bond donors (Lipinski definition) is 3. The number of fused-ring (bicyclic) bond motifs is 6. The number of thiophene rings is 2. The zero-order valence-electron chi connectivity index (χ0n) is 22.8. The lowest BCUT2D eigenvalue weighted by molar-refractivity contribution is 0.593. The SMILES string of the molecule is Cc1cc(C2CCc3c(sc4nc(-c5cccc(=O)[nH]5)[nH]c(=O)c34)C2)cnc1-c1nc2sc3c(c2c(=O)[nH]1)CCCC3. The topological polar surface area (TPSA) is 137 Å². The Labute approximate surface area is 246 Å². The van der Waals surface area contributed by atoms with E-state index in [1.54, 1.807) is 34.8 Å². The van der Waals surface area contributed by atoms with Crippen LogP contribution in [0.3, 0.4) is 0 Å². The van der Waals surface area contributed by atoms with E-state index in [1.807, 2.05) is 13.1 Å². The van der Waals surface area contributed by atoms with Crippen molar-refractivity contribution in [1.29, 1.82) is 0 Å². The fraction of sp³-hybridized carbons (Fsp3) is 0.290. The number of aromatic amines is 3. The maximum atomic E-state index is 13.1. The zero-order valence-corrected chi connectivity index (χ0v) is 24.4. The molecule has 6 heterocycles. The molecule has 1 unspecified atom stereocenters. The molecule has 0 aromatic carbocycles. The molecule has 2 aliphatic carbocycles. The molecule has 0 saturated heterocycles. The molecule has 2 aliphatic rings. The van der Waals surface area contributed by atoms with Gasteiger partial charge < -0.3 is 15.0 Å². The van der Waals surface area contributed by atoms with Gasteiger partial charge in [-0.2, -0.15) is 0 Å². The van der Waals surface area contributed by atoms with Crippen molar-refractivity contribution in [2.45, 2.75) is 57.8 Å². The number of pyridine rings is 2. The van der Waals surface area contributed by atoms with Crippen molar-refractivity contribution >= 4 is 43.1 Å². The van der Waals surface area contributed by atoms with Gasteiger partial charge in [0.2, 0.25) is 5.56 Å². The number of hydrogen-bond acceptors (Lipinski definition) is 8. The average Bonchev–Trinajstić information content (AvgIpc) is 3.55. The second-order valence-corrected chi connectivity index (χ2v) is 13.4. The Morgan fingerprint density at radius 2 is 1.55 bits per heavy atom. The van der Waals surface area contributed by atoms with E-state index in [-0.39, 0.29) is 22.6 Å². The maximum Gasteiger partial charge on any atom is 0.260 e. The average molecular weight is 595 g/mol. The molecule has 0 radical (unpaired) electrons. The van der Waals surface area contributed by atoms with Gasteiger partial charge in [-0.05, 0) is 86.1 Å². The lowest BCUT2D eigenvalue weighted by Gasteiger charge is -2.23. The van der Waals surface area contributed by atoms with Crippen molar-refractivity contribution < 1.29 is 0 Å². The van der Waals surface area contributed by atoms with Crippen LogP contribution in [-0.2, 0) is 25.7 Å². The van der Waals surface area contributed by atoms with Crippen LogP contribution in [0, 0.1) is 6.92 Å². The minimum Gasteiger partial charge on any atom is -0.319 e. The summed E-state index contributed by atoms with van der Waals surface area (Å²) < 4.78 is 0. The first kappa shape index (κ1) is 25.5. The molecule has 8 rings (SSSR count). The van der Waals surface area contributed by atoms with Crippen LogP contribution in [0.2, 0.25) is 0 Å². The second-order valence-electron chi connectivity index (χ2n) is 11.2. The molecule has 11 heteroatoms. The fourth-order valence-electron chi connectivity index (χ4n) is 6.53. The van der Waals surface area contributed by atoms with Gasteiger partial charge in [-0.1, -0.05) is 12.1 Å². The van der Waals surface area contributed by atoms with E-state index in [9.17, 15) is 14.4 Å². The van der Waals surface area contributed by atoms with Crippen LogP contribution >= 0.6 is 22.7 Å². The summed E-state index contributed by atoms with van der Waals surface area (Å²) in [4.78, 5) is 64.9. The van der Waals surface area contributed by atoms with E-state index in [1.165, 1.54) is 22.9 Å². The molecule has 0 spiro atoms. The van der Waals surface area contributed by atoms with Gasteiger partial charge in [-0.25, -0.2) is 9.97 Å². The largest absolute Gasteiger partial charge is 0.319 e. The highest BCUT2D eigenvalue weighted by atomic mass is 32.1. The predicted molar refractivity (Wildman–Crippen MR) is 166 cm³/mol. The molecule has 0 amide bonds. The minimum absolute atomic E-state index is 0.0744. The lowest BCUT2D eigenvalue weighted by Crippen LogP contribution is -2.15. The van der Waals surface area contributed by atoms with Crippen LogP contribution in [0.15, 0.2) is 44.8 Å². The monoisotopic (exact) mass is 594 g/mol. The molecule has 1 atom stereocenters. The minimum atomic E-state index is -0.244. The molecule has 42 heavy (non-hydrogen) atoms. The van der Waals surface area contributed by atoms with Crippen molar-refractivity contribution in [1.82, 2.24) is 29.9 Å². The number of nitrogens with one attached hydrogen (secondary N) is 3. The number of rotatable bonds is 3.